The smallest absolute Gasteiger partial charge is 0.276 e. The van der Waals surface area contributed by atoms with E-state index in [4.69, 9.17) is 0 Å². The van der Waals surface area contributed by atoms with E-state index in [-0.39, 0.29) is 5.91 Å². The van der Waals surface area contributed by atoms with Gasteiger partial charge in [-0.2, -0.15) is 0 Å². The van der Waals surface area contributed by atoms with Crippen molar-refractivity contribution in [3.05, 3.63) is 53.9 Å². The maximum absolute atomic E-state index is 12.9. The molecule has 1 aliphatic rings. The predicted octanol–water partition coefficient (Wildman–Crippen LogP) is 4.29. The fraction of sp³-hybridized carbons (Fsp3) is 0.429. The first-order chi connectivity index (χ1) is 12.1. The summed E-state index contributed by atoms with van der Waals surface area (Å²) in [7, 11) is 0. The molecule has 1 aliphatic heterocycles. The van der Waals surface area contributed by atoms with Crippen LogP contribution in [0.2, 0.25) is 0 Å². The number of aryl methyl sites for hydroxylation is 1. The largest absolute Gasteiger partial charge is 0.370 e. The zero-order valence-corrected chi connectivity index (χ0v) is 15.4. The zero-order valence-electron chi connectivity index (χ0n) is 15.4. The van der Waals surface area contributed by atoms with E-state index in [0.29, 0.717) is 18.2 Å². The van der Waals surface area contributed by atoms with Crippen molar-refractivity contribution in [2.45, 2.75) is 33.6 Å². The third kappa shape index (κ3) is 4.01. The van der Waals surface area contributed by atoms with Crippen molar-refractivity contribution in [3.8, 4) is 0 Å². The number of carbonyl (C=O) groups excluding carboxylic acids is 1. The van der Waals surface area contributed by atoms with Gasteiger partial charge < -0.3 is 9.80 Å². The Morgan fingerprint density at radius 1 is 1.32 bits per heavy atom. The summed E-state index contributed by atoms with van der Waals surface area (Å²) < 4.78 is 0. The standard InChI is InChI=1S/C21H27N3O/c1-4-24(18-9-5-7-16(2)13-18)21(25)20-11-10-19(14-22-20)23-12-6-8-17(3)15-23/h5,7,9-11,13-14,17H,4,6,8,12,15H2,1-3H3. The summed E-state index contributed by atoms with van der Waals surface area (Å²) in [5, 5.41) is 0. The third-order valence-electron chi connectivity index (χ3n) is 4.86. The molecule has 25 heavy (non-hydrogen) atoms. The highest BCUT2D eigenvalue weighted by Crippen LogP contribution is 2.23. The molecule has 1 amide bonds. The molecule has 132 valence electrons. The average Bonchev–Trinajstić information content (AvgIpc) is 2.62. The summed E-state index contributed by atoms with van der Waals surface area (Å²) in [6.45, 7) is 9.08. The Morgan fingerprint density at radius 3 is 2.80 bits per heavy atom. The number of piperidine rings is 1. The van der Waals surface area contributed by atoms with Gasteiger partial charge in [-0.1, -0.05) is 19.1 Å². The van der Waals surface area contributed by atoms with Crippen LogP contribution in [-0.2, 0) is 0 Å². The van der Waals surface area contributed by atoms with Gasteiger partial charge in [-0.05, 0) is 62.4 Å². The number of carbonyl (C=O) groups is 1. The fourth-order valence-corrected chi connectivity index (χ4v) is 3.50. The van der Waals surface area contributed by atoms with Crippen molar-refractivity contribution < 1.29 is 4.79 Å². The molecule has 4 heteroatoms. The highest BCUT2D eigenvalue weighted by Gasteiger charge is 2.20. The van der Waals surface area contributed by atoms with E-state index in [1.54, 1.807) is 4.90 Å². The topological polar surface area (TPSA) is 36.4 Å². The van der Waals surface area contributed by atoms with Crippen LogP contribution >= 0.6 is 0 Å². The summed E-state index contributed by atoms with van der Waals surface area (Å²) in [4.78, 5) is 21.5. The number of anilines is 2. The van der Waals surface area contributed by atoms with Crippen LogP contribution in [0.5, 0.6) is 0 Å². The predicted molar refractivity (Wildman–Crippen MR) is 103 cm³/mol. The maximum Gasteiger partial charge on any atom is 0.276 e. The lowest BCUT2D eigenvalue weighted by molar-refractivity contribution is 0.0983. The molecular formula is C21H27N3O. The second-order valence-corrected chi connectivity index (χ2v) is 6.98. The van der Waals surface area contributed by atoms with Gasteiger partial charge in [0.15, 0.2) is 0 Å². The number of benzene rings is 1. The molecule has 0 N–H and O–H groups in total. The Morgan fingerprint density at radius 2 is 2.16 bits per heavy atom. The molecule has 2 heterocycles. The molecule has 1 fully saturated rings. The van der Waals surface area contributed by atoms with Gasteiger partial charge in [0.1, 0.15) is 5.69 Å². The Balaban J connectivity index is 1.77. The lowest BCUT2D eigenvalue weighted by Gasteiger charge is -2.32. The van der Waals surface area contributed by atoms with Gasteiger partial charge >= 0.3 is 0 Å². The Kier molecular flexibility index (Phi) is 5.37. The summed E-state index contributed by atoms with van der Waals surface area (Å²) in [6, 6.07) is 11.9. The molecule has 3 rings (SSSR count). The van der Waals surface area contributed by atoms with E-state index in [2.05, 4.69) is 16.8 Å². The lowest BCUT2D eigenvalue weighted by atomic mass is 10.00. The number of pyridine rings is 1. The molecule has 1 unspecified atom stereocenters. The van der Waals surface area contributed by atoms with Crippen LogP contribution < -0.4 is 9.80 Å². The summed E-state index contributed by atoms with van der Waals surface area (Å²) in [5.41, 5.74) is 3.67. The van der Waals surface area contributed by atoms with Gasteiger partial charge in [-0.3, -0.25) is 4.79 Å². The molecule has 1 atom stereocenters. The lowest BCUT2D eigenvalue weighted by Crippen LogP contribution is -2.34. The molecular weight excluding hydrogens is 310 g/mol. The van der Waals surface area contributed by atoms with Crippen molar-refractivity contribution in [2.75, 3.05) is 29.4 Å². The number of nitrogens with zero attached hydrogens (tertiary/aromatic N) is 3. The normalized spacial score (nSPS) is 17.4. The van der Waals surface area contributed by atoms with Crippen LogP contribution in [0.1, 0.15) is 42.7 Å². The third-order valence-corrected chi connectivity index (χ3v) is 4.86. The first kappa shape index (κ1) is 17.5. The van der Waals surface area contributed by atoms with E-state index < -0.39 is 0 Å². The minimum Gasteiger partial charge on any atom is -0.370 e. The number of hydrogen-bond acceptors (Lipinski definition) is 3. The van der Waals surface area contributed by atoms with Crippen molar-refractivity contribution in [1.82, 2.24) is 4.98 Å². The van der Waals surface area contributed by atoms with Crippen LogP contribution in [0.15, 0.2) is 42.6 Å². The van der Waals surface area contributed by atoms with Gasteiger partial charge in [-0.25, -0.2) is 4.98 Å². The van der Waals surface area contributed by atoms with Crippen LogP contribution in [0.3, 0.4) is 0 Å². The van der Waals surface area contributed by atoms with Gasteiger partial charge in [-0.15, -0.1) is 0 Å². The molecule has 1 saturated heterocycles. The fourth-order valence-electron chi connectivity index (χ4n) is 3.50. The molecule has 2 aromatic rings. The van der Waals surface area contributed by atoms with Gasteiger partial charge in [0.2, 0.25) is 0 Å². The Bertz CT molecular complexity index is 726. The van der Waals surface area contributed by atoms with E-state index >= 15 is 0 Å². The summed E-state index contributed by atoms with van der Waals surface area (Å²) >= 11 is 0. The quantitative estimate of drug-likeness (QED) is 0.835. The second-order valence-electron chi connectivity index (χ2n) is 6.98. The molecule has 0 saturated carbocycles. The monoisotopic (exact) mass is 337 g/mol. The first-order valence-electron chi connectivity index (χ1n) is 9.18. The van der Waals surface area contributed by atoms with Gasteiger partial charge in [0.05, 0.1) is 11.9 Å². The number of aromatic nitrogens is 1. The van der Waals surface area contributed by atoms with E-state index in [9.17, 15) is 4.79 Å². The van der Waals surface area contributed by atoms with Crippen molar-refractivity contribution in [3.63, 3.8) is 0 Å². The molecule has 0 aliphatic carbocycles. The minimum atomic E-state index is -0.0494. The summed E-state index contributed by atoms with van der Waals surface area (Å²) in [6.07, 6.45) is 4.36. The second kappa shape index (κ2) is 7.68. The van der Waals surface area contributed by atoms with Crippen LogP contribution in [0, 0.1) is 12.8 Å². The number of hydrogen-bond donors (Lipinski definition) is 0. The van der Waals surface area contributed by atoms with Crippen molar-refractivity contribution in [1.29, 1.82) is 0 Å². The van der Waals surface area contributed by atoms with Crippen LogP contribution in [0.4, 0.5) is 11.4 Å². The summed E-state index contributed by atoms with van der Waals surface area (Å²) in [5.74, 6) is 0.665. The van der Waals surface area contributed by atoms with Crippen LogP contribution in [-0.4, -0.2) is 30.5 Å². The molecule has 1 aromatic carbocycles. The molecule has 0 radical (unpaired) electrons. The Labute approximate surface area is 150 Å². The molecule has 0 spiro atoms. The number of rotatable bonds is 4. The maximum atomic E-state index is 12.9. The minimum absolute atomic E-state index is 0.0494. The highest BCUT2D eigenvalue weighted by atomic mass is 16.2. The average molecular weight is 337 g/mol. The van der Waals surface area contributed by atoms with Crippen LogP contribution in [0.25, 0.3) is 0 Å². The van der Waals surface area contributed by atoms with Gasteiger partial charge in [0.25, 0.3) is 5.91 Å². The van der Waals surface area contributed by atoms with E-state index in [0.717, 1.165) is 30.0 Å². The molecule has 1 aromatic heterocycles. The van der Waals surface area contributed by atoms with Crippen molar-refractivity contribution in [2.24, 2.45) is 5.92 Å². The molecule has 0 bridgehead atoms. The van der Waals surface area contributed by atoms with E-state index in [1.807, 2.05) is 56.4 Å². The first-order valence-corrected chi connectivity index (χ1v) is 9.18. The Hall–Kier alpha value is -2.36. The van der Waals surface area contributed by atoms with Gasteiger partial charge in [0, 0.05) is 25.3 Å². The van der Waals surface area contributed by atoms with E-state index in [1.165, 1.54) is 12.8 Å². The molecule has 4 nitrogen and oxygen atoms in total. The zero-order chi connectivity index (χ0) is 17.8. The van der Waals surface area contributed by atoms with Crippen molar-refractivity contribution >= 4 is 17.3 Å². The SMILES string of the molecule is CCN(C(=O)c1ccc(N2CCCC(C)C2)cn1)c1cccc(C)c1. The highest BCUT2D eigenvalue weighted by molar-refractivity contribution is 6.04. The number of amides is 1.